The molecule has 6 nitrogen and oxygen atoms in total. The summed E-state index contributed by atoms with van der Waals surface area (Å²) in [4.78, 5) is 16.3. The highest BCUT2D eigenvalue weighted by molar-refractivity contribution is 7.88. The normalized spacial score (nSPS) is 18.1. The maximum absolute atomic E-state index is 12.0. The van der Waals surface area contributed by atoms with Crippen LogP contribution >= 0.6 is 11.3 Å². The van der Waals surface area contributed by atoms with Crippen LogP contribution in [0, 0.1) is 12.8 Å². The molecule has 0 radical (unpaired) electrons. The summed E-state index contributed by atoms with van der Waals surface area (Å²) in [7, 11) is -3.13. The van der Waals surface area contributed by atoms with Crippen molar-refractivity contribution in [3.05, 3.63) is 16.1 Å². The van der Waals surface area contributed by atoms with Crippen LogP contribution < -0.4 is 5.32 Å². The van der Waals surface area contributed by atoms with E-state index in [0.29, 0.717) is 32.5 Å². The van der Waals surface area contributed by atoms with Crippen molar-refractivity contribution < 1.29 is 13.2 Å². The summed E-state index contributed by atoms with van der Waals surface area (Å²) < 4.78 is 24.2. The number of piperidine rings is 1. The molecule has 1 fully saturated rings. The summed E-state index contributed by atoms with van der Waals surface area (Å²) in [5.74, 6) is -0.114. The van der Waals surface area contributed by atoms with Crippen molar-refractivity contribution in [3.63, 3.8) is 0 Å². The Morgan fingerprint density at radius 2 is 2.15 bits per heavy atom. The summed E-state index contributed by atoms with van der Waals surface area (Å²) in [6.45, 7) is 3.21. The summed E-state index contributed by atoms with van der Waals surface area (Å²) in [6, 6.07) is 0. The van der Waals surface area contributed by atoms with E-state index < -0.39 is 10.0 Å². The number of nitrogens with one attached hydrogen (secondary N) is 1. The number of aryl methyl sites for hydroxylation is 1. The second kappa shape index (κ2) is 6.19. The van der Waals surface area contributed by atoms with Gasteiger partial charge in [0.25, 0.3) is 0 Å². The number of nitrogens with zero attached hydrogens (tertiary/aromatic N) is 2. The van der Waals surface area contributed by atoms with Crippen molar-refractivity contribution in [2.45, 2.75) is 26.3 Å². The van der Waals surface area contributed by atoms with Crippen LogP contribution in [0.1, 0.15) is 23.5 Å². The zero-order valence-electron chi connectivity index (χ0n) is 11.6. The summed E-state index contributed by atoms with van der Waals surface area (Å²) in [5.41, 5.74) is 0.870. The average molecular weight is 317 g/mol. The topological polar surface area (TPSA) is 79.4 Å². The quantitative estimate of drug-likeness (QED) is 0.888. The number of thiazole rings is 1. The number of amides is 1. The molecule has 1 saturated heterocycles. The molecule has 8 heteroatoms. The predicted molar refractivity (Wildman–Crippen MR) is 77.8 cm³/mol. The number of sulfonamides is 1. The van der Waals surface area contributed by atoms with Crippen molar-refractivity contribution in [3.8, 4) is 0 Å². The SMILES string of the molecule is Cc1nc(CNC(=O)C2CCN(S(C)(=O)=O)CC2)cs1. The Morgan fingerprint density at radius 3 is 2.65 bits per heavy atom. The third-order valence-electron chi connectivity index (χ3n) is 3.40. The lowest BCUT2D eigenvalue weighted by Crippen LogP contribution is -2.42. The van der Waals surface area contributed by atoms with E-state index in [1.165, 1.54) is 10.6 Å². The molecule has 0 unspecified atom stereocenters. The first-order valence-corrected chi connectivity index (χ1v) is 9.23. The van der Waals surface area contributed by atoms with Gasteiger partial charge in [-0.3, -0.25) is 4.79 Å². The maximum Gasteiger partial charge on any atom is 0.223 e. The predicted octanol–water partition coefficient (Wildman–Crippen LogP) is 0.739. The molecule has 0 saturated carbocycles. The fourth-order valence-electron chi connectivity index (χ4n) is 2.26. The number of carbonyl (C=O) groups excluding carboxylic acids is 1. The second-order valence-electron chi connectivity index (χ2n) is 5.01. The summed E-state index contributed by atoms with van der Waals surface area (Å²) in [5, 5.41) is 5.79. The number of hydrogen-bond acceptors (Lipinski definition) is 5. The van der Waals surface area contributed by atoms with Crippen molar-refractivity contribution in [2.75, 3.05) is 19.3 Å². The van der Waals surface area contributed by atoms with Gasteiger partial charge in [-0.25, -0.2) is 17.7 Å². The third kappa shape index (κ3) is 4.00. The summed E-state index contributed by atoms with van der Waals surface area (Å²) >= 11 is 1.56. The Kier molecular flexibility index (Phi) is 4.77. The van der Waals surface area contributed by atoms with Crippen LogP contribution in [0.5, 0.6) is 0 Å². The van der Waals surface area contributed by atoms with Gasteiger partial charge in [-0.05, 0) is 19.8 Å². The van der Waals surface area contributed by atoms with Gasteiger partial charge in [0.05, 0.1) is 23.5 Å². The Hall–Kier alpha value is -0.990. The van der Waals surface area contributed by atoms with E-state index >= 15 is 0 Å². The molecule has 1 amide bonds. The van der Waals surface area contributed by atoms with Crippen molar-refractivity contribution in [2.24, 2.45) is 5.92 Å². The monoisotopic (exact) mass is 317 g/mol. The standard InChI is InChI=1S/C12H19N3O3S2/c1-9-14-11(8-19-9)7-13-12(16)10-3-5-15(6-4-10)20(2,17)18/h8,10H,3-7H2,1-2H3,(H,13,16). The van der Waals surface area contributed by atoms with Gasteiger partial charge in [0, 0.05) is 24.4 Å². The molecule has 2 heterocycles. The largest absolute Gasteiger partial charge is 0.350 e. The molecule has 0 aliphatic carbocycles. The number of rotatable bonds is 4. The van der Waals surface area contributed by atoms with E-state index in [4.69, 9.17) is 0 Å². The molecule has 0 aromatic carbocycles. The van der Waals surface area contributed by atoms with E-state index in [9.17, 15) is 13.2 Å². The van der Waals surface area contributed by atoms with Gasteiger partial charge in [-0.2, -0.15) is 0 Å². The molecule has 1 aliphatic heterocycles. The molecule has 1 aromatic rings. The van der Waals surface area contributed by atoms with Gasteiger partial charge in [0.1, 0.15) is 0 Å². The number of hydrogen-bond donors (Lipinski definition) is 1. The Labute approximate surface area is 123 Å². The molecule has 1 aromatic heterocycles. The van der Waals surface area contributed by atoms with Crippen LogP contribution in [-0.4, -0.2) is 43.0 Å². The molecule has 0 bridgehead atoms. The van der Waals surface area contributed by atoms with Crippen molar-refractivity contribution in [1.29, 1.82) is 0 Å². The van der Waals surface area contributed by atoms with Crippen LogP contribution in [0.15, 0.2) is 5.38 Å². The molecule has 1 N–H and O–H groups in total. The number of carbonyl (C=O) groups is 1. The van der Waals surface area contributed by atoms with E-state index in [1.54, 1.807) is 11.3 Å². The first-order chi connectivity index (χ1) is 9.36. The van der Waals surface area contributed by atoms with E-state index in [1.807, 2.05) is 12.3 Å². The molecule has 2 rings (SSSR count). The van der Waals surface area contributed by atoms with E-state index in [0.717, 1.165) is 10.7 Å². The average Bonchev–Trinajstić information content (AvgIpc) is 2.81. The molecular weight excluding hydrogens is 298 g/mol. The maximum atomic E-state index is 12.0. The third-order valence-corrected chi connectivity index (χ3v) is 5.53. The van der Waals surface area contributed by atoms with Crippen LogP contribution in [-0.2, 0) is 21.4 Å². The fourth-order valence-corrected chi connectivity index (χ4v) is 3.75. The van der Waals surface area contributed by atoms with Gasteiger partial charge in [-0.1, -0.05) is 0 Å². The Bertz CT molecular complexity index is 575. The smallest absolute Gasteiger partial charge is 0.223 e. The zero-order chi connectivity index (χ0) is 14.8. The molecule has 1 aliphatic rings. The highest BCUT2D eigenvalue weighted by atomic mass is 32.2. The zero-order valence-corrected chi connectivity index (χ0v) is 13.3. The van der Waals surface area contributed by atoms with Gasteiger partial charge >= 0.3 is 0 Å². The Morgan fingerprint density at radius 1 is 1.50 bits per heavy atom. The first-order valence-electron chi connectivity index (χ1n) is 6.50. The van der Waals surface area contributed by atoms with E-state index in [2.05, 4.69) is 10.3 Å². The minimum Gasteiger partial charge on any atom is -0.350 e. The lowest BCUT2D eigenvalue weighted by Gasteiger charge is -2.29. The molecule has 20 heavy (non-hydrogen) atoms. The van der Waals surface area contributed by atoms with Crippen LogP contribution in [0.25, 0.3) is 0 Å². The first kappa shape index (κ1) is 15.4. The van der Waals surface area contributed by atoms with Crippen molar-refractivity contribution in [1.82, 2.24) is 14.6 Å². The molecular formula is C12H19N3O3S2. The Balaban J connectivity index is 1.80. The van der Waals surface area contributed by atoms with Gasteiger partial charge in [0.15, 0.2) is 0 Å². The van der Waals surface area contributed by atoms with Crippen LogP contribution in [0.4, 0.5) is 0 Å². The van der Waals surface area contributed by atoms with Crippen LogP contribution in [0.2, 0.25) is 0 Å². The fraction of sp³-hybridized carbons (Fsp3) is 0.667. The van der Waals surface area contributed by atoms with E-state index in [-0.39, 0.29) is 11.8 Å². The van der Waals surface area contributed by atoms with Crippen molar-refractivity contribution >= 4 is 27.3 Å². The highest BCUT2D eigenvalue weighted by Gasteiger charge is 2.28. The highest BCUT2D eigenvalue weighted by Crippen LogP contribution is 2.19. The van der Waals surface area contributed by atoms with Gasteiger partial charge in [0.2, 0.25) is 15.9 Å². The number of aromatic nitrogens is 1. The van der Waals surface area contributed by atoms with Gasteiger partial charge < -0.3 is 5.32 Å². The van der Waals surface area contributed by atoms with Gasteiger partial charge in [-0.15, -0.1) is 11.3 Å². The summed E-state index contributed by atoms with van der Waals surface area (Å²) in [6.07, 6.45) is 2.36. The molecule has 0 atom stereocenters. The lowest BCUT2D eigenvalue weighted by molar-refractivity contribution is -0.126. The minimum absolute atomic E-state index is 0.0104. The minimum atomic E-state index is -3.13. The molecule has 112 valence electrons. The molecule has 0 spiro atoms. The van der Waals surface area contributed by atoms with Crippen LogP contribution in [0.3, 0.4) is 0 Å². The lowest BCUT2D eigenvalue weighted by atomic mass is 9.97. The second-order valence-corrected chi connectivity index (χ2v) is 8.06.